The van der Waals surface area contributed by atoms with E-state index in [9.17, 15) is 9.59 Å². The zero-order chi connectivity index (χ0) is 14.5. The van der Waals surface area contributed by atoms with Crippen molar-refractivity contribution in [1.82, 2.24) is 10.6 Å². The number of primary amides is 1. The summed E-state index contributed by atoms with van der Waals surface area (Å²) in [6.45, 7) is 2.27. The van der Waals surface area contributed by atoms with Crippen LogP contribution in [0, 0.1) is 0 Å². The van der Waals surface area contributed by atoms with E-state index < -0.39 is 12.1 Å². The van der Waals surface area contributed by atoms with Gasteiger partial charge in [-0.3, -0.25) is 4.79 Å². The van der Waals surface area contributed by atoms with Crippen molar-refractivity contribution in [3.8, 4) is 11.5 Å². The standard InChI is InChI=1S/C13H17N3O4/c1-8(16-13(14)18)12(17)15-5-4-9-2-3-10-11(6-9)20-7-19-10/h2-3,6,8H,4-5,7H2,1H3,(H,15,17)(H3,14,16,18)/t8-/m0/s1. The molecule has 0 saturated heterocycles. The molecule has 4 N–H and O–H groups in total. The van der Waals surface area contributed by atoms with Gasteiger partial charge in [0.05, 0.1) is 0 Å². The maximum atomic E-state index is 11.6. The number of ether oxygens (including phenoxy) is 2. The van der Waals surface area contributed by atoms with Crippen LogP contribution in [0.3, 0.4) is 0 Å². The van der Waals surface area contributed by atoms with Crippen LogP contribution >= 0.6 is 0 Å². The lowest BCUT2D eigenvalue weighted by Crippen LogP contribution is -2.47. The van der Waals surface area contributed by atoms with Gasteiger partial charge in [-0.25, -0.2) is 4.79 Å². The van der Waals surface area contributed by atoms with E-state index >= 15 is 0 Å². The number of hydrogen-bond donors (Lipinski definition) is 3. The Morgan fingerprint density at radius 3 is 2.85 bits per heavy atom. The van der Waals surface area contributed by atoms with Crippen LogP contribution in [-0.2, 0) is 11.2 Å². The van der Waals surface area contributed by atoms with Gasteiger partial charge < -0.3 is 25.8 Å². The first kappa shape index (κ1) is 14.0. The van der Waals surface area contributed by atoms with Crippen LogP contribution < -0.4 is 25.8 Å². The molecule has 7 nitrogen and oxygen atoms in total. The fourth-order valence-electron chi connectivity index (χ4n) is 1.86. The molecule has 7 heteroatoms. The smallest absolute Gasteiger partial charge is 0.312 e. The van der Waals surface area contributed by atoms with Crippen molar-refractivity contribution in [3.63, 3.8) is 0 Å². The summed E-state index contributed by atoms with van der Waals surface area (Å²) in [5, 5.41) is 5.04. The van der Waals surface area contributed by atoms with E-state index in [-0.39, 0.29) is 12.7 Å². The van der Waals surface area contributed by atoms with Gasteiger partial charge in [-0.2, -0.15) is 0 Å². The summed E-state index contributed by atoms with van der Waals surface area (Å²) in [6.07, 6.45) is 0.658. The number of carbonyl (C=O) groups excluding carboxylic acids is 2. The normalized spacial score (nSPS) is 13.7. The molecule has 0 radical (unpaired) electrons. The van der Waals surface area contributed by atoms with Gasteiger partial charge in [-0.15, -0.1) is 0 Å². The van der Waals surface area contributed by atoms with E-state index in [0.717, 1.165) is 17.1 Å². The van der Waals surface area contributed by atoms with E-state index in [2.05, 4.69) is 10.6 Å². The summed E-state index contributed by atoms with van der Waals surface area (Å²) in [6, 6.07) is 4.29. The number of nitrogens with two attached hydrogens (primary N) is 1. The number of benzene rings is 1. The molecule has 0 bridgehead atoms. The largest absolute Gasteiger partial charge is 0.454 e. The molecule has 1 aromatic rings. The Bertz CT molecular complexity index is 518. The molecule has 1 atom stereocenters. The molecule has 1 aromatic carbocycles. The molecular weight excluding hydrogens is 262 g/mol. The molecule has 0 aromatic heterocycles. The second-order valence-corrected chi connectivity index (χ2v) is 4.46. The molecule has 108 valence electrons. The van der Waals surface area contributed by atoms with Crippen molar-refractivity contribution in [2.75, 3.05) is 13.3 Å². The molecule has 0 aliphatic carbocycles. The van der Waals surface area contributed by atoms with Crippen LogP contribution in [0.4, 0.5) is 4.79 Å². The predicted octanol–water partition coefficient (Wildman–Crippen LogP) is 0.131. The average Bonchev–Trinajstić information content (AvgIpc) is 2.85. The summed E-state index contributed by atoms with van der Waals surface area (Å²) in [7, 11) is 0. The molecule has 0 spiro atoms. The highest BCUT2D eigenvalue weighted by molar-refractivity contribution is 5.86. The van der Waals surface area contributed by atoms with E-state index in [4.69, 9.17) is 15.2 Å². The highest BCUT2D eigenvalue weighted by atomic mass is 16.7. The highest BCUT2D eigenvalue weighted by Crippen LogP contribution is 2.32. The minimum absolute atomic E-state index is 0.242. The second kappa shape index (κ2) is 6.14. The third-order valence-corrected chi connectivity index (χ3v) is 2.90. The number of fused-ring (bicyclic) bond motifs is 1. The van der Waals surface area contributed by atoms with E-state index in [1.807, 2.05) is 18.2 Å². The van der Waals surface area contributed by atoms with Gasteiger partial charge in [0.2, 0.25) is 12.7 Å². The number of urea groups is 1. The van der Waals surface area contributed by atoms with Crippen LogP contribution in [0.1, 0.15) is 12.5 Å². The van der Waals surface area contributed by atoms with Crippen molar-refractivity contribution in [1.29, 1.82) is 0 Å². The fraction of sp³-hybridized carbons (Fsp3) is 0.385. The lowest BCUT2D eigenvalue weighted by Gasteiger charge is -2.12. The van der Waals surface area contributed by atoms with E-state index in [0.29, 0.717) is 13.0 Å². The maximum Gasteiger partial charge on any atom is 0.312 e. The Morgan fingerprint density at radius 1 is 1.35 bits per heavy atom. The molecule has 2 rings (SSSR count). The lowest BCUT2D eigenvalue weighted by atomic mass is 10.1. The third kappa shape index (κ3) is 3.53. The van der Waals surface area contributed by atoms with Gasteiger partial charge in [-0.1, -0.05) is 6.07 Å². The van der Waals surface area contributed by atoms with Gasteiger partial charge in [0, 0.05) is 6.54 Å². The van der Waals surface area contributed by atoms with E-state index in [1.165, 1.54) is 0 Å². The zero-order valence-electron chi connectivity index (χ0n) is 11.1. The quantitative estimate of drug-likeness (QED) is 0.713. The average molecular weight is 279 g/mol. The summed E-state index contributed by atoms with van der Waals surface area (Å²) >= 11 is 0. The SMILES string of the molecule is C[C@H](NC(N)=O)C(=O)NCCc1ccc2c(c1)OCO2. The predicted molar refractivity (Wildman–Crippen MR) is 71.5 cm³/mol. The van der Waals surface area contributed by atoms with Gasteiger partial charge in [0.15, 0.2) is 11.5 Å². The summed E-state index contributed by atoms with van der Waals surface area (Å²) < 4.78 is 10.5. The second-order valence-electron chi connectivity index (χ2n) is 4.46. The minimum Gasteiger partial charge on any atom is -0.454 e. The number of amides is 3. The van der Waals surface area contributed by atoms with Crippen molar-refractivity contribution >= 4 is 11.9 Å². The lowest BCUT2D eigenvalue weighted by molar-refractivity contribution is -0.122. The highest BCUT2D eigenvalue weighted by Gasteiger charge is 2.15. The Kier molecular flexibility index (Phi) is 4.29. The molecule has 0 unspecified atom stereocenters. The monoisotopic (exact) mass is 279 g/mol. The number of rotatable bonds is 5. The van der Waals surface area contributed by atoms with Gasteiger partial charge in [0.1, 0.15) is 6.04 Å². The van der Waals surface area contributed by atoms with Crippen molar-refractivity contribution in [2.45, 2.75) is 19.4 Å². The van der Waals surface area contributed by atoms with Gasteiger partial charge >= 0.3 is 6.03 Å². The first-order valence-electron chi connectivity index (χ1n) is 6.28. The number of hydrogen-bond acceptors (Lipinski definition) is 4. The molecule has 20 heavy (non-hydrogen) atoms. The maximum absolute atomic E-state index is 11.6. The van der Waals surface area contributed by atoms with Crippen molar-refractivity contribution in [2.24, 2.45) is 5.73 Å². The van der Waals surface area contributed by atoms with E-state index in [1.54, 1.807) is 6.92 Å². The van der Waals surface area contributed by atoms with Crippen LogP contribution in [0.15, 0.2) is 18.2 Å². The number of nitrogens with one attached hydrogen (secondary N) is 2. The first-order valence-corrected chi connectivity index (χ1v) is 6.28. The molecule has 3 amide bonds. The van der Waals surface area contributed by atoms with Crippen LogP contribution in [0.2, 0.25) is 0 Å². The first-order chi connectivity index (χ1) is 9.56. The zero-order valence-corrected chi connectivity index (χ0v) is 11.1. The summed E-state index contributed by atoms with van der Waals surface area (Å²) in [5.74, 6) is 1.18. The summed E-state index contributed by atoms with van der Waals surface area (Å²) in [5.41, 5.74) is 5.98. The minimum atomic E-state index is -0.719. The van der Waals surface area contributed by atoms with Crippen LogP contribution in [0.25, 0.3) is 0 Å². The molecule has 1 aliphatic heterocycles. The Hall–Kier alpha value is -2.44. The molecule has 0 fully saturated rings. The number of carbonyl (C=O) groups is 2. The molecular formula is C13H17N3O4. The Balaban J connectivity index is 1.78. The molecule has 0 saturated carbocycles. The van der Waals surface area contributed by atoms with Crippen LogP contribution in [-0.4, -0.2) is 31.3 Å². The van der Waals surface area contributed by atoms with Gasteiger partial charge in [0.25, 0.3) is 0 Å². The fourth-order valence-corrected chi connectivity index (χ4v) is 1.86. The van der Waals surface area contributed by atoms with Crippen LogP contribution in [0.5, 0.6) is 11.5 Å². The van der Waals surface area contributed by atoms with Crippen molar-refractivity contribution in [3.05, 3.63) is 23.8 Å². The molecule has 1 heterocycles. The van der Waals surface area contributed by atoms with Crippen molar-refractivity contribution < 1.29 is 19.1 Å². The summed E-state index contributed by atoms with van der Waals surface area (Å²) in [4.78, 5) is 22.3. The Morgan fingerprint density at radius 2 is 2.10 bits per heavy atom. The van der Waals surface area contributed by atoms with Gasteiger partial charge in [-0.05, 0) is 31.0 Å². The third-order valence-electron chi connectivity index (χ3n) is 2.90. The molecule has 1 aliphatic rings. The topological polar surface area (TPSA) is 103 Å². The Labute approximate surface area is 116 Å².